The number of carbonyl (C=O) groups excluding carboxylic acids is 3. The molecule has 2 aromatic heterocycles. The summed E-state index contributed by atoms with van der Waals surface area (Å²) in [5, 5.41) is 2.77. The molecule has 3 heterocycles. The van der Waals surface area contributed by atoms with Crippen LogP contribution in [-0.4, -0.2) is 45.8 Å². The Hall–Kier alpha value is -4.27. The fourth-order valence-electron chi connectivity index (χ4n) is 4.11. The molecule has 2 atom stereocenters. The minimum atomic E-state index is -0.947. The topological polar surface area (TPSA) is 122 Å². The summed E-state index contributed by atoms with van der Waals surface area (Å²) in [6.07, 6.45) is 4.98. The van der Waals surface area contributed by atoms with E-state index in [2.05, 4.69) is 15.3 Å². The van der Waals surface area contributed by atoms with Crippen LogP contribution in [0.4, 0.5) is 16.3 Å². The highest BCUT2D eigenvalue weighted by atomic mass is 16.2. The van der Waals surface area contributed by atoms with Crippen molar-refractivity contribution in [2.24, 2.45) is 5.92 Å². The largest absolute Gasteiger partial charge is 0.384 e. The first-order chi connectivity index (χ1) is 16.3. The molecule has 0 unspecified atom stereocenters. The van der Waals surface area contributed by atoms with E-state index in [-0.39, 0.29) is 18.9 Å². The number of likely N-dealkylation sites (tertiary alicyclic amines) is 1. The highest BCUT2D eigenvalue weighted by Gasteiger charge is 2.55. The van der Waals surface area contributed by atoms with Gasteiger partial charge in [-0.3, -0.25) is 19.5 Å². The molecule has 1 aliphatic heterocycles. The molecular weight excluding hydrogens is 432 g/mol. The minimum Gasteiger partial charge on any atom is -0.384 e. The zero-order valence-corrected chi connectivity index (χ0v) is 19.0. The Kier molecular flexibility index (Phi) is 6.53. The van der Waals surface area contributed by atoms with Crippen LogP contribution in [0.25, 0.3) is 0 Å². The van der Waals surface area contributed by atoms with E-state index in [1.165, 1.54) is 4.90 Å². The van der Waals surface area contributed by atoms with Crippen LogP contribution >= 0.6 is 0 Å². The summed E-state index contributed by atoms with van der Waals surface area (Å²) >= 11 is 0. The van der Waals surface area contributed by atoms with Crippen LogP contribution in [0.2, 0.25) is 0 Å². The smallest absolute Gasteiger partial charge is 0.325 e. The van der Waals surface area contributed by atoms with E-state index in [1.807, 2.05) is 31.2 Å². The first kappa shape index (κ1) is 22.9. The number of anilines is 2. The van der Waals surface area contributed by atoms with Crippen LogP contribution in [0, 0.1) is 12.8 Å². The van der Waals surface area contributed by atoms with Gasteiger partial charge >= 0.3 is 6.03 Å². The highest BCUT2D eigenvalue weighted by molar-refractivity contribution is 6.12. The lowest BCUT2D eigenvalue weighted by Crippen LogP contribution is -2.70. The Morgan fingerprint density at radius 2 is 1.85 bits per heavy atom. The number of amides is 4. The van der Waals surface area contributed by atoms with Gasteiger partial charge in [0.15, 0.2) is 0 Å². The van der Waals surface area contributed by atoms with Crippen molar-refractivity contribution >= 4 is 29.4 Å². The van der Waals surface area contributed by atoms with Gasteiger partial charge < -0.3 is 16.0 Å². The lowest BCUT2D eigenvalue weighted by molar-refractivity contribution is -0.156. The van der Waals surface area contributed by atoms with Gasteiger partial charge in [-0.2, -0.15) is 0 Å². The monoisotopic (exact) mass is 458 g/mol. The predicted molar refractivity (Wildman–Crippen MR) is 128 cm³/mol. The summed E-state index contributed by atoms with van der Waals surface area (Å²) in [5.74, 6) is -1.13. The van der Waals surface area contributed by atoms with Gasteiger partial charge in [0.25, 0.3) is 5.91 Å². The molecule has 9 heteroatoms. The number of aromatic nitrogens is 2. The summed E-state index contributed by atoms with van der Waals surface area (Å²) in [5.41, 5.74) is 9.14. The summed E-state index contributed by atoms with van der Waals surface area (Å²) < 4.78 is 0. The number of β-lactam (4-membered cyclic amide) rings is 1. The summed E-state index contributed by atoms with van der Waals surface area (Å²) in [6.45, 7) is 2.21. The number of urea groups is 1. The molecule has 1 fully saturated rings. The number of nitrogens with zero attached hydrogens (tertiary/aromatic N) is 4. The lowest BCUT2D eigenvalue weighted by Gasteiger charge is -2.45. The number of hydrogen-bond acceptors (Lipinski definition) is 6. The number of benzene rings is 1. The van der Waals surface area contributed by atoms with Gasteiger partial charge in [0.1, 0.15) is 11.9 Å². The van der Waals surface area contributed by atoms with Crippen molar-refractivity contribution < 1.29 is 14.4 Å². The number of hydrogen-bond donors (Lipinski definition) is 2. The molecule has 3 N–H and O–H groups in total. The summed E-state index contributed by atoms with van der Waals surface area (Å²) in [6, 6.07) is 13.0. The Morgan fingerprint density at radius 1 is 1.09 bits per heavy atom. The van der Waals surface area contributed by atoms with E-state index in [0.29, 0.717) is 11.5 Å². The molecule has 0 saturated carbocycles. The second kappa shape index (κ2) is 9.70. The summed E-state index contributed by atoms with van der Waals surface area (Å²) in [4.78, 5) is 49.9. The van der Waals surface area contributed by atoms with Crippen molar-refractivity contribution in [2.75, 3.05) is 17.7 Å². The third kappa shape index (κ3) is 4.73. The van der Waals surface area contributed by atoms with Crippen molar-refractivity contribution in [3.63, 3.8) is 0 Å². The Balaban J connectivity index is 1.55. The molecule has 0 spiro atoms. The van der Waals surface area contributed by atoms with Crippen LogP contribution in [0.5, 0.6) is 0 Å². The third-order valence-electron chi connectivity index (χ3n) is 5.89. The number of carbonyl (C=O) groups is 3. The fourth-order valence-corrected chi connectivity index (χ4v) is 4.11. The van der Waals surface area contributed by atoms with Crippen molar-refractivity contribution in [3.05, 3.63) is 83.8 Å². The van der Waals surface area contributed by atoms with E-state index in [9.17, 15) is 14.4 Å². The fraction of sp³-hybridized carbons (Fsp3) is 0.240. The molecule has 1 aliphatic rings. The molecule has 3 aromatic rings. The maximum absolute atomic E-state index is 13.5. The SMILES string of the molecule is Cc1cccc(CNC(=O)N2C(=O)[C@H](Cc3ccnc(N)c3)[C@H]2C(=O)N(C)c2ccncc2)c1. The molecule has 4 rings (SSSR count). The Morgan fingerprint density at radius 3 is 2.56 bits per heavy atom. The quantitative estimate of drug-likeness (QED) is 0.547. The highest BCUT2D eigenvalue weighted by Crippen LogP contribution is 2.32. The Bertz CT molecular complexity index is 1210. The maximum atomic E-state index is 13.5. The molecular formula is C25H26N6O3. The van der Waals surface area contributed by atoms with E-state index in [0.717, 1.165) is 21.6 Å². The van der Waals surface area contributed by atoms with Gasteiger partial charge in [0.2, 0.25) is 5.91 Å². The number of likely N-dealkylation sites (N-methyl/N-ethyl adjacent to an activating group) is 1. The molecule has 1 aromatic carbocycles. The molecule has 174 valence electrons. The van der Waals surface area contributed by atoms with Gasteiger partial charge in [0.05, 0.1) is 5.92 Å². The number of nitrogens with two attached hydrogens (primary N) is 1. The number of nitrogens with one attached hydrogen (secondary N) is 1. The van der Waals surface area contributed by atoms with Gasteiger partial charge in [0, 0.05) is 37.9 Å². The van der Waals surface area contributed by atoms with E-state index < -0.39 is 23.9 Å². The summed E-state index contributed by atoms with van der Waals surface area (Å²) in [7, 11) is 1.62. The zero-order valence-electron chi connectivity index (χ0n) is 19.0. The van der Waals surface area contributed by atoms with Crippen molar-refractivity contribution in [2.45, 2.75) is 25.9 Å². The molecule has 0 radical (unpaired) electrons. The average molecular weight is 459 g/mol. The number of rotatable bonds is 6. The lowest BCUT2D eigenvalue weighted by atomic mass is 9.81. The molecule has 0 aliphatic carbocycles. The molecule has 9 nitrogen and oxygen atoms in total. The standard InChI is InChI=1S/C25H26N6O3/c1-16-4-3-5-18(12-16)15-29-25(34)31-22(24(33)30(2)19-7-9-27-10-8-19)20(23(31)32)13-17-6-11-28-21(26)14-17/h3-12,14,20,22H,13,15H2,1-2H3,(H2,26,28)(H,29,34)/t20-,22+/m1/s1. The zero-order chi connectivity index (χ0) is 24.2. The van der Waals surface area contributed by atoms with Crippen LogP contribution < -0.4 is 16.0 Å². The minimum absolute atomic E-state index is 0.247. The molecule has 34 heavy (non-hydrogen) atoms. The number of aryl methyl sites for hydroxylation is 1. The van der Waals surface area contributed by atoms with Gasteiger partial charge in [-0.05, 0) is 48.7 Å². The number of nitrogen functional groups attached to an aromatic ring is 1. The maximum Gasteiger partial charge on any atom is 0.325 e. The first-order valence-corrected chi connectivity index (χ1v) is 10.9. The van der Waals surface area contributed by atoms with Crippen molar-refractivity contribution in [1.82, 2.24) is 20.2 Å². The van der Waals surface area contributed by atoms with Crippen molar-refractivity contribution in [1.29, 1.82) is 0 Å². The van der Waals surface area contributed by atoms with Crippen LogP contribution in [0.3, 0.4) is 0 Å². The second-order valence-corrected chi connectivity index (χ2v) is 8.30. The Labute approximate surface area is 197 Å². The first-order valence-electron chi connectivity index (χ1n) is 10.9. The van der Waals surface area contributed by atoms with Crippen LogP contribution in [0.15, 0.2) is 67.1 Å². The van der Waals surface area contributed by atoms with Crippen LogP contribution in [0.1, 0.15) is 16.7 Å². The molecule has 0 bridgehead atoms. The van der Waals surface area contributed by atoms with Gasteiger partial charge in [-0.15, -0.1) is 0 Å². The van der Waals surface area contributed by atoms with E-state index in [1.54, 1.807) is 49.9 Å². The van der Waals surface area contributed by atoms with Gasteiger partial charge in [-0.25, -0.2) is 9.78 Å². The van der Waals surface area contributed by atoms with E-state index in [4.69, 9.17) is 5.73 Å². The average Bonchev–Trinajstić information content (AvgIpc) is 2.84. The number of pyridine rings is 2. The number of imide groups is 1. The predicted octanol–water partition coefficient (Wildman–Crippen LogP) is 2.31. The van der Waals surface area contributed by atoms with Crippen LogP contribution in [-0.2, 0) is 22.6 Å². The van der Waals surface area contributed by atoms with Gasteiger partial charge in [-0.1, -0.05) is 29.8 Å². The van der Waals surface area contributed by atoms with Crippen molar-refractivity contribution in [3.8, 4) is 0 Å². The third-order valence-corrected chi connectivity index (χ3v) is 5.89. The molecule has 4 amide bonds. The van der Waals surface area contributed by atoms with E-state index >= 15 is 0 Å². The second-order valence-electron chi connectivity index (χ2n) is 8.30. The molecule has 1 saturated heterocycles. The normalized spacial score (nSPS) is 17.1.